The summed E-state index contributed by atoms with van der Waals surface area (Å²) in [6, 6.07) is 7.67. The second-order valence-corrected chi connectivity index (χ2v) is 6.43. The van der Waals surface area contributed by atoms with Crippen LogP contribution in [0.1, 0.15) is 17.7 Å². The maximum absolute atomic E-state index is 13.0. The number of ether oxygens (including phenoxy) is 1. The van der Waals surface area contributed by atoms with Crippen LogP contribution in [0.15, 0.2) is 30.5 Å². The summed E-state index contributed by atoms with van der Waals surface area (Å²) in [6.07, 6.45) is 3.76. The highest BCUT2D eigenvalue weighted by atomic mass is 16.5. The van der Waals surface area contributed by atoms with Gasteiger partial charge in [0.05, 0.1) is 30.7 Å². The monoisotopic (exact) mass is 326 g/mol. The molecular formula is C18H22N4O2. The Morgan fingerprint density at radius 3 is 2.92 bits per heavy atom. The van der Waals surface area contributed by atoms with Gasteiger partial charge < -0.3 is 9.64 Å². The lowest BCUT2D eigenvalue weighted by molar-refractivity contribution is -0.122. The molecule has 2 aromatic rings. The zero-order valence-corrected chi connectivity index (χ0v) is 14.1. The number of carbonyl (C=O) groups excluding carboxylic acids is 1. The van der Waals surface area contributed by atoms with Crippen molar-refractivity contribution in [3.8, 4) is 5.75 Å². The Kier molecular flexibility index (Phi) is 3.76. The van der Waals surface area contributed by atoms with Crippen molar-refractivity contribution < 1.29 is 9.53 Å². The van der Waals surface area contributed by atoms with Crippen LogP contribution in [0.25, 0.3) is 0 Å². The molecule has 1 aromatic heterocycles. The van der Waals surface area contributed by atoms with Crippen molar-refractivity contribution in [2.24, 2.45) is 7.05 Å². The average molecular weight is 326 g/mol. The Balaban J connectivity index is 1.55. The molecule has 0 radical (unpaired) electrons. The number of anilines is 1. The lowest BCUT2D eigenvalue weighted by Crippen LogP contribution is -2.44. The van der Waals surface area contributed by atoms with Crippen LogP contribution < -0.4 is 9.64 Å². The Hall–Kier alpha value is -2.34. The molecule has 2 aliphatic heterocycles. The van der Waals surface area contributed by atoms with E-state index in [4.69, 9.17) is 4.74 Å². The number of rotatable bonds is 3. The summed E-state index contributed by atoms with van der Waals surface area (Å²) >= 11 is 0. The summed E-state index contributed by atoms with van der Waals surface area (Å²) in [6.45, 7) is 2.44. The molecule has 0 saturated carbocycles. The molecular weight excluding hydrogens is 304 g/mol. The van der Waals surface area contributed by atoms with Crippen molar-refractivity contribution in [3.63, 3.8) is 0 Å². The number of carbonyl (C=O) groups is 1. The number of aromatic nitrogens is 2. The minimum absolute atomic E-state index is 0.0574. The fourth-order valence-corrected chi connectivity index (χ4v) is 3.82. The van der Waals surface area contributed by atoms with Crippen molar-refractivity contribution in [2.45, 2.75) is 25.4 Å². The second kappa shape index (κ2) is 5.94. The van der Waals surface area contributed by atoms with E-state index in [2.05, 4.69) is 10.00 Å². The van der Waals surface area contributed by atoms with Gasteiger partial charge in [0.15, 0.2) is 0 Å². The number of amides is 1. The van der Waals surface area contributed by atoms with Gasteiger partial charge in [0.25, 0.3) is 0 Å². The van der Waals surface area contributed by atoms with Gasteiger partial charge in [0, 0.05) is 26.7 Å². The highest BCUT2D eigenvalue weighted by Gasteiger charge is 2.39. The number of hydrogen-bond acceptors (Lipinski definition) is 4. The first-order valence-electron chi connectivity index (χ1n) is 8.37. The average Bonchev–Trinajstić information content (AvgIpc) is 3.18. The van der Waals surface area contributed by atoms with Crippen molar-refractivity contribution >= 4 is 11.6 Å². The Labute approximate surface area is 141 Å². The van der Waals surface area contributed by atoms with E-state index < -0.39 is 0 Å². The molecule has 0 spiro atoms. The summed E-state index contributed by atoms with van der Waals surface area (Å²) < 4.78 is 7.35. The van der Waals surface area contributed by atoms with Crippen LogP contribution >= 0.6 is 0 Å². The van der Waals surface area contributed by atoms with Gasteiger partial charge in [0.2, 0.25) is 5.91 Å². The first-order chi connectivity index (χ1) is 11.7. The first-order valence-corrected chi connectivity index (χ1v) is 8.37. The van der Waals surface area contributed by atoms with E-state index in [0.717, 1.165) is 43.9 Å². The smallest absolute Gasteiger partial charge is 0.244 e. The van der Waals surface area contributed by atoms with Gasteiger partial charge >= 0.3 is 0 Å². The Bertz CT molecular complexity index is 770. The molecule has 1 atom stereocenters. The number of aryl methyl sites for hydroxylation is 1. The van der Waals surface area contributed by atoms with Gasteiger partial charge in [-0.2, -0.15) is 5.10 Å². The molecule has 1 aromatic carbocycles. The largest absolute Gasteiger partial charge is 0.495 e. The van der Waals surface area contributed by atoms with Gasteiger partial charge in [-0.1, -0.05) is 12.1 Å². The van der Waals surface area contributed by atoms with Gasteiger partial charge in [0.1, 0.15) is 5.75 Å². The third-order valence-electron chi connectivity index (χ3n) is 5.16. The standard InChI is InChI=1S/C18H22N4O2/c1-20-16-12-21(9-7-13(16)11-19-20)15-8-10-22(18(15)23)14-5-3-4-6-17(14)24-2/h3-6,11,15H,7-10,12H2,1-2H3/t15-/m1/s1. The molecule has 6 heteroatoms. The number of para-hydroxylation sites is 2. The number of fused-ring (bicyclic) bond motifs is 1. The molecule has 2 aliphatic rings. The van der Waals surface area contributed by atoms with Crippen LogP contribution in [0.5, 0.6) is 5.75 Å². The zero-order chi connectivity index (χ0) is 16.7. The van der Waals surface area contributed by atoms with Crippen molar-refractivity contribution in [3.05, 3.63) is 41.7 Å². The number of benzene rings is 1. The Morgan fingerprint density at radius 1 is 1.25 bits per heavy atom. The van der Waals surface area contributed by atoms with Crippen LogP contribution in [0, 0.1) is 0 Å². The van der Waals surface area contributed by atoms with E-state index >= 15 is 0 Å². The molecule has 1 amide bonds. The normalized spacial score (nSPS) is 21.2. The summed E-state index contributed by atoms with van der Waals surface area (Å²) in [5, 5.41) is 4.34. The van der Waals surface area contributed by atoms with E-state index in [0.29, 0.717) is 0 Å². The molecule has 126 valence electrons. The highest BCUT2D eigenvalue weighted by molar-refractivity contribution is 6.00. The van der Waals surface area contributed by atoms with Gasteiger partial charge in [-0.25, -0.2) is 0 Å². The predicted octanol–water partition coefficient (Wildman–Crippen LogP) is 1.59. The third kappa shape index (κ3) is 2.38. The highest BCUT2D eigenvalue weighted by Crippen LogP contribution is 2.33. The van der Waals surface area contributed by atoms with Gasteiger partial charge in [-0.3, -0.25) is 14.4 Å². The molecule has 0 unspecified atom stereocenters. The van der Waals surface area contributed by atoms with Crippen LogP contribution in [0.3, 0.4) is 0 Å². The maximum atomic E-state index is 13.0. The molecule has 6 nitrogen and oxygen atoms in total. The minimum atomic E-state index is -0.0574. The number of methoxy groups -OCH3 is 1. The van der Waals surface area contributed by atoms with Crippen LogP contribution in [-0.2, 0) is 24.8 Å². The first kappa shape index (κ1) is 15.2. The van der Waals surface area contributed by atoms with Crippen molar-refractivity contribution in [1.29, 1.82) is 0 Å². The van der Waals surface area contributed by atoms with E-state index in [1.54, 1.807) is 7.11 Å². The Morgan fingerprint density at radius 2 is 2.08 bits per heavy atom. The molecule has 4 rings (SSSR count). The zero-order valence-electron chi connectivity index (χ0n) is 14.1. The molecule has 24 heavy (non-hydrogen) atoms. The van der Waals surface area contributed by atoms with Crippen LogP contribution in [-0.4, -0.2) is 46.8 Å². The molecule has 0 aliphatic carbocycles. The predicted molar refractivity (Wildman–Crippen MR) is 91.1 cm³/mol. The second-order valence-electron chi connectivity index (χ2n) is 6.43. The number of hydrogen-bond donors (Lipinski definition) is 0. The topological polar surface area (TPSA) is 50.6 Å². The molecule has 0 bridgehead atoms. The van der Waals surface area contributed by atoms with Crippen molar-refractivity contribution in [2.75, 3.05) is 25.1 Å². The molecule has 1 saturated heterocycles. The SMILES string of the molecule is COc1ccccc1N1CC[C@@H](N2CCc3cnn(C)c3C2)C1=O. The fraction of sp³-hybridized carbons (Fsp3) is 0.444. The van der Waals surface area contributed by atoms with Crippen molar-refractivity contribution in [1.82, 2.24) is 14.7 Å². The fourth-order valence-electron chi connectivity index (χ4n) is 3.82. The third-order valence-corrected chi connectivity index (χ3v) is 5.16. The molecule has 1 fully saturated rings. The number of nitrogens with zero attached hydrogens (tertiary/aromatic N) is 4. The van der Waals surface area contributed by atoms with Gasteiger partial charge in [-0.15, -0.1) is 0 Å². The van der Waals surface area contributed by atoms with E-state index in [1.165, 1.54) is 11.3 Å². The van der Waals surface area contributed by atoms with E-state index in [-0.39, 0.29) is 11.9 Å². The summed E-state index contributed by atoms with van der Waals surface area (Å²) in [4.78, 5) is 17.2. The lowest BCUT2D eigenvalue weighted by atomic mass is 10.0. The summed E-state index contributed by atoms with van der Waals surface area (Å²) in [7, 11) is 3.62. The van der Waals surface area contributed by atoms with E-state index in [1.807, 2.05) is 47.1 Å². The molecule has 0 N–H and O–H groups in total. The molecule has 3 heterocycles. The van der Waals surface area contributed by atoms with Crippen LogP contribution in [0.4, 0.5) is 5.69 Å². The maximum Gasteiger partial charge on any atom is 0.244 e. The van der Waals surface area contributed by atoms with E-state index in [9.17, 15) is 4.79 Å². The minimum Gasteiger partial charge on any atom is -0.495 e. The lowest BCUT2D eigenvalue weighted by Gasteiger charge is -2.31. The van der Waals surface area contributed by atoms with Gasteiger partial charge in [-0.05, 0) is 30.5 Å². The summed E-state index contributed by atoms with van der Waals surface area (Å²) in [5.74, 6) is 0.921. The summed E-state index contributed by atoms with van der Waals surface area (Å²) in [5.41, 5.74) is 3.40. The van der Waals surface area contributed by atoms with Crippen LogP contribution in [0.2, 0.25) is 0 Å². The quantitative estimate of drug-likeness (QED) is 0.859.